The van der Waals surface area contributed by atoms with Crippen LogP contribution in [0, 0.1) is 0 Å². The van der Waals surface area contributed by atoms with E-state index in [1.54, 1.807) is 0 Å². The Morgan fingerprint density at radius 1 is 0.769 bits per heavy atom. The number of rotatable bonds is 18. The monoisotopic (exact) mass is 373 g/mol. The van der Waals surface area contributed by atoms with E-state index in [0.717, 1.165) is 38.5 Å². The zero-order chi connectivity index (χ0) is 19.7. The summed E-state index contributed by atoms with van der Waals surface area (Å²) >= 11 is 0. The van der Waals surface area contributed by atoms with Gasteiger partial charge in [-0.25, -0.2) is 0 Å². The van der Waals surface area contributed by atoms with Gasteiger partial charge in [0, 0.05) is 0 Å². The molecule has 0 saturated carbocycles. The van der Waals surface area contributed by atoms with Crippen molar-refractivity contribution in [3.8, 4) is 0 Å². The minimum atomic E-state index is -1.31. The number of aliphatic hydroxyl groups excluding tert-OH is 4. The molecule has 0 aliphatic carbocycles. The lowest BCUT2D eigenvalue weighted by molar-refractivity contribution is 0.00416. The van der Waals surface area contributed by atoms with Gasteiger partial charge >= 0.3 is 0 Å². The summed E-state index contributed by atoms with van der Waals surface area (Å²) in [6, 6.07) is 0. The molecule has 0 aromatic heterocycles. The molecule has 0 aromatic carbocycles. The molecule has 0 bridgehead atoms. The van der Waals surface area contributed by atoms with Crippen LogP contribution in [0.5, 0.6) is 0 Å². The number of allylic oxidation sites excluding steroid dienone is 2. The SMILES string of the molecule is CCCCCCC(O)CCCCCCC=CCCC(O)C(N)(CO)CO. The fourth-order valence-electron chi connectivity index (χ4n) is 2.98. The maximum Gasteiger partial charge on any atom is 0.0885 e. The van der Waals surface area contributed by atoms with Crippen molar-refractivity contribution >= 4 is 0 Å². The van der Waals surface area contributed by atoms with E-state index in [1.807, 2.05) is 6.08 Å². The Hall–Kier alpha value is -0.460. The summed E-state index contributed by atoms with van der Waals surface area (Å²) < 4.78 is 0. The Labute approximate surface area is 160 Å². The summed E-state index contributed by atoms with van der Waals surface area (Å²) in [6.07, 6.45) is 16.6. The van der Waals surface area contributed by atoms with Crippen molar-refractivity contribution in [1.29, 1.82) is 0 Å². The largest absolute Gasteiger partial charge is 0.394 e. The molecule has 0 aromatic rings. The molecule has 6 N–H and O–H groups in total. The van der Waals surface area contributed by atoms with Crippen LogP contribution in [0.15, 0.2) is 12.2 Å². The van der Waals surface area contributed by atoms with Gasteiger partial charge in [0.05, 0.1) is 31.0 Å². The van der Waals surface area contributed by atoms with Gasteiger partial charge in [-0.2, -0.15) is 0 Å². The Morgan fingerprint density at radius 3 is 1.88 bits per heavy atom. The molecule has 0 spiro atoms. The molecule has 5 nitrogen and oxygen atoms in total. The lowest BCUT2D eigenvalue weighted by Gasteiger charge is -2.30. The zero-order valence-electron chi connectivity index (χ0n) is 16.8. The maximum absolute atomic E-state index is 9.91. The number of nitrogens with two attached hydrogens (primary N) is 1. The Balaban J connectivity index is 3.51. The number of aliphatic hydroxyl groups is 4. The van der Waals surface area contributed by atoms with Gasteiger partial charge in [-0.15, -0.1) is 0 Å². The minimum Gasteiger partial charge on any atom is -0.394 e. The van der Waals surface area contributed by atoms with Crippen LogP contribution in [0.2, 0.25) is 0 Å². The van der Waals surface area contributed by atoms with Crippen molar-refractivity contribution in [2.45, 2.75) is 108 Å². The van der Waals surface area contributed by atoms with E-state index in [9.17, 15) is 10.2 Å². The van der Waals surface area contributed by atoms with E-state index < -0.39 is 24.9 Å². The molecule has 0 aliphatic heterocycles. The van der Waals surface area contributed by atoms with Gasteiger partial charge in [0.25, 0.3) is 0 Å². The smallest absolute Gasteiger partial charge is 0.0885 e. The third kappa shape index (κ3) is 12.8. The van der Waals surface area contributed by atoms with E-state index in [-0.39, 0.29) is 6.10 Å². The van der Waals surface area contributed by atoms with Gasteiger partial charge in [-0.3, -0.25) is 0 Å². The van der Waals surface area contributed by atoms with Crippen LogP contribution in [0.1, 0.15) is 90.4 Å². The second-order valence-corrected chi connectivity index (χ2v) is 7.61. The average Bonchev–Trinajstić information content (AvgIpc) is 2.65. The Kier molecular flexibility index (Phi) is 16.4. The highest BCUT2D eigenvalue weighted by Crippen LogP contribution is 2.14. The molecule has 0 heterocycles. The summed E-state index contributed by atoms with van der Waals surface area (Å²) in [6.45, 7) is 1.34. The highest BCUT2D eigenvalue weighted by atomic mass is 16.3. The summed E-state index contributed by atoms with van der Waals surface area (Å²) in [5.74, 6) is 0. The van der Waals surface area contributed by atoms with Gasteiger partial charge in [0.2, 0.25) is 0 Å². The van der Waals surface area contributed by atoms with Crippen molar-refractivity contribution in [3.63, 3.8) is 0 Å². The molecule has 0 aliphatic rings. The van der Waals surface area contributed by atoms with Crippen LogP contribution in [0.4, 0.5) is 0 Å². The predicted molar refractivity (Wildman–Crippen MR) is 108 cm³/mol. The molecule has 156 valence electrons. The molecule has 2 atom stereocenters. The highest BCUT2D eigenvalue weighted by Gasteiger charge is 2.31. The molecule has 0 saturated heterocycles. The zero-order valence-corrected chi connectivity index (χ0v) is 16.8. The lowest BCUT2D eigenvalue weighted by Crippen LogP contribution is -2.56. The van der Waals surface area contributed by atoms with E-state index >= 15 is 0 Å². The molecular weight excluding hydrogens is 330 g/mol. The number of unbranched alkanes of at least 4 members (excludes halogenated alkanes) is 7. The van der Waals surface area contributed by atoms with Crippen molar-refractivity contribution < 1.29 is 20.4 Å². The average molecular weight is 374 g/mol. The van der Waals surface area contributed by atoms with Crippen LogP contribution < -0.4 is 5.73 Å². The van der Waals surface area contributed by atoms with Crippen LogP contribution in [-0.4, -0.2) is 51.4 Å². The maximum atomic E-state index is 9.91. The molecule has 0 radical (unpaired) electrons. The first-order valence-corrected chi connectivity index (χ1v) is 10.5. The van der Waals surface area contributed by atoms with Gasteiger partial charge < -0.3 is 26.2 Å². The van der Waals surface area contributed by atoms with Gasteiger partial charge in [0.1, 0.15) is 0 Å². The second-order valence-electron chi connectivity index (χ2n) is 7.61. The van der Waals surface area contributed by atoms with Crippen molar-refractivity contribution in [1.82, 2.24) is 0 Å². The number of hydrogen-bond donors (Lipinski definition) is 5. The van der Waals surface area contributed by atoms with E-state index in [0.29, 0.717) is 12.8 Å². The Morgan fingerprint density at radius 2 is 1.31 bits per heavy atom. The Bertz CT molecular complexity index is 332. The van der Waals surface area contributed by atoms with E-state index in [2.05, 4.69) is 13.0 Å². The first-order chi connectivity index (χ1) is 12.5. The fraction of sp³-hybridized carbons (Fsp3) is 0.905. The topological polar surface area (TPSA) is 107 Å². The first kappa shape index (κ1) is 25.5. The molecule has 0 rings (SSSR count). The lowest BCUT2D eigenvalue weighted by atomic mass is 9.92. The fourth-order valence-corrected chi connectivity index (χ4v) is 2.98. The third-order valence-electron chi connectivity index (χ3n) is 5.07. The van der Waals surface area contributed by atoms with Crippen molar-refractivity contribution in [2.75, 3.05) is 13.2 Å². The van der Waals surface area contributed by atoms with Crippen molar-refractivity contribution in [2.24, 2.45) is 5.73 Å². The highest BCUT2D eigenvalue weighted by molar-refractivity contribution is 4.92. The minimum absolute atomic E-state index is 0.120. The standard InChI is InChI=1S/C21H43NO4/c1-2-3-4-11-14-19(25)15-12-9-7-5-6-8-10-13-16-20(26)21(22,17-23)18-24/h8,10,19-20,23-26H,2-7,9,11-18,22H2,1H3. The quantitative estimate of drug-likeness (QED) is 0.187. The molecule has 0 fully saturated rings. The van der Waals surface area contributed by atoms with Gasteiger partial charge in [-0.1, -0.05) is 64.0 Å². The molecule has 26 heavy (non-hydrogen) atoms. The number of hydrogen-bond acceptors (Lipinski definition) is 5. The molecule has 0 amide bonds. The normalized spacial score (nSPS) is 14.8. The van der Waals surface area contributed by atoms with Crippen molar-refractivity contribution in [3.05, 3.63) is 12.2 Å². The van der Waals surface area contributed by atoms with E-state index in [4.69, 9.17) is 15.9 Å². The summed E-state index contributed by atoms with van der Waals surface area (Å²) in [7, 11) is 0. The van der Waals surface area contributed by atoms with Gasteiger partial charge in [0.15, 0.2) is 0 Å². The summed E-state index contributed by atoms with van der Waals surface area (Å²) in [4.78, 5) is 0. The van der Waals surface area contributed by atoms with Gasteiger partial charge in [-0.05, 0) is 38.5 Å². The third-order valence-corrected chi connectivity index (χ3v) is 5.07. The van der Waals surface area contributed by atoms with Crippen LogP contribution in [-0.2, 0) is 0 Å². The first-order valence-electron chi connectivity index (χ1n) is 10.5. The van der Waals surface area contributed by atoms with Crippen LogP contribution in [0.3, 0.4) is 0 Å². The molecule has 5 heteroatoms. The van der Waals surface area contributed by atoms with E-state index in [1.165, 1.54) is 32.1 Å². The predicted octanol–water partition coefficient (Wildman–Crippen LogP) is 3.04. The molecular formula is C21H43NO4. The van der Waals surface area contributed by atoms with Crippen LogP contribution in [0.25, 0.3) is 0 Å². The summed E-state index contributed by atoms with van der Waals surface area (Å²) in [5, 5.41) is 38.0. The van der Waals surface area contributed by atoms with Crippen LogP contribution >= 0.6 is 0 Å². The molecule has 2 unspecified atom stereocenters. The summed E-state index contributed by atoms with van der Waals surface area (Å²) in [5.41, 5.74) is 4.41. The second kappa shape index (κ2) is 16.7.